The van der Waals surface area contributed by atoms with Gasteiger partial charge in [0.1, 0.15) is 0 Å². The number of rotatable bonds is 5. The molecule has 0 unspecified atom stereocenters. The van der Waals surface area contributed by atoms with Gasteiger partial charge in [0.2, 0.25) is 0 Å². The third-order valence-corrected chi connectivity index (χ3v) is 1.93. The van der Waals surface area contributed by atoms with E-state index in [-0.39, 0.29) is 45.9 Å². The predicted octanol–water partition coefficient (Wildman–Crippen LogP) is -3.94. The molecule has 1 aromatic carbocycles. The summed E-state index contributed by atoms with van der Waals surface area (Å²) in [7, 11) is 4.17. The van der Waals surface area contributed by atoms with Crippen LogP contribution in [0.4, 0.5) is 0 Å². The van der Waals surface area contributed by atoms with Crippen molar-refractivity contribution in [1.29, 1.82) is 0 Å². The Labute approximate surface area is 131 Å². The first-order chi connectivity index (χ1) is 6.79. The summed E-state index contributed by atoms with van der Waals surface area (Å²) in [5, 5.41) is 0. The summed E-state index contributed by atoms with van der Waals surface area (Å²) in [4.78, 5) is 6.54. The van der Waals surface area contributed by atoms with E-state index in [0.717, 1.165) is 19.5 Å². The monoisotopic (exact) mass is 455 g/mol. The van der Waals surface area contributed by atoms with Crippen LogP contribution in [0.5, 0.6) is 0 Å². The Hall–Kier alpha value is 0.118. The third-order valence-electron chi connectivity index (χ3n) is 1.93. The van der Waals surface area contributed by atoms with Gasteiger partial charge in [-0.15, -0.1) is 0 Å². The molecule has 0 atom stereocenters. The number of hydrogen-bond acceptors (Lipinski definition) is 2. The van der Waals surface area contributed by atoms with Gasteiger partial charge in [-0.3, -0.25) is 4.99 Å². The number of halogens is 2. The molecule has 0 aliphatic carbocycles. The Morgan fingerprint density at radius 3 is 2.24 bits per heavy atom. The van der Waals surface area contributed by atoms with Gasteiger partial charge in [-0.1, -0.05) is 30.3 Å². The van der Waals surface area contributed by atoms with Crippen molar-refractivity contribution in [3.8, 4) is 0 Å². The molecule has 0 fully saturated rings. The summed E-state index contributed by atoms with van der Waals surface area (Å²) in [6, 6.07) is 10.2. The zero-order chi connectivity index (χ0) is 10.2. The molecule has 0 aromatic heterocycles. The molecule has 0 spiro atoms. The van der Waals surface area contributed by atoms with Gasteiger partial charge < -0.3 is 29.7 Å². The van der Waals surface area contributed by atoms with E-state index in [9.17, 15) is 0 Å². The standard InChI is InChI=1S/C12H18N2.2ClH.Pt/c1-14(2)10-6-9-13-11-12-7-4-3-5-8-12;;;/h3-5,7-8,11H,6,9-10H2,1-2H3;2*1H;/q;;;+2/p-2. The molecule has 1 aromatic rings. The quantitative estimate of drug-likeness (QED) is 0.327. The van der Waals surface area contributed by atoms with Gasteiger partial charge in [0.25, 0.3) is 0 Å². The number of hydrogen-bond donors (Lipinski definition) is 0. The summed E-state index contributed by atoms with van der Waals surface area (Å²) in [6.07, 6.45) is 3.06. The third kappa shape index (κ3) is 12.4. The first-order valence-corrected chi connectivity index (χ1v) is 4.98. The van der Waals surface area contributed by atoms with Gasteiger partial charge in [-0.2, -0.15) is 0 Å². The van der Waals surface area contributed by atoms with Crippen LogP contribution < -0.4 is 24.8 Å². The Bertz CT molecular complexity index is 279. The predicted molar refractivity (Wildman–Crippen MR) is 62.1 cm³/mol. The van der Waals surface area contributed by atoms with Crippen LogP contribution in [0.25, 0.3) is 0 Å². The number of aliphatic imine (C=N–C) groups is 1. The van der Waals surface area contributed by atoms with Gasteiger partial charge >= 0.3 is 21.1 Å². The average Bonchev–Trinajstić information content (AvgIpc) is 2.18. The van der Waals surface area contributed by atoms with E-state index >= 15 is 0 Å². The fourth-order valence-electron chi connectivity index (χ4n) is 1.19. The topological polar surface area (TPSA) is 15.6 Å². The summed E-state index contributed by atoms with van der Waals surface area (Å²) in [6.45, 7) is 2.01. The van der Waals surface area contributed by atoms with Gasteiger partial charge in [-0.05, 0) is 32.6 Å². The van der Waals surface area contributed by atoms with E-state index < -0.39 is 0 Å². The molecule has 0 saturated carbocycles. The molecular formula is C12H18Cl2N2Pt. The normalized spacial score (nSPS) is 9.35. The van der Waals surface area contributed by atoms with Crippen LogP contribution in [0, 0.1) is 0 Å². The van der Waals surface area contributed by atoms with Crippen molar-refractivity contribution < 1.29 is 45.9 Å². The summed E-state index contributed by atoms with van der Waals surface area (Å²) < 4.78 is 0. The van der Waals surface area contributed by atoms with Crippen LogP contribution in [-0.4, -0.2) is 38.3 Å². The Balaban J connectivity index is -0.000000653. The molecule has 0 saturated heterocycles. The van der Waals surface area contributed by atoms with Crippen LogP contribution in [0.1, 0.15) is 12.0 Å². The van der Waals surface area contributed by atoms with Crippen molar-refractivity contribution >= 4 is 6.21 Å². The summed E-state index contributed by atoms with van der Waals surface area (Å²) >= 11 is 0. The minimum absolute atomic E-state index is 0. The first-order valence-electron chi connectivity index (χ1n) is 4.98. The molecule has 17 heavy (non-hydrogen) atoms. The van der Waals surface area contributed by atoms with E-state index in [2.05, 4.69) is 36.1 Å². The van der Waals surface area contributed by atoms with Crippen LogP contribution >= 0.6 is 0 Å². The van der Waals surface area contributed by atoms with Gasteiger partial charge in [-0.25, -0.2) is 0 Å². The zero-order valence-corrected chi connectivity index (χ0v) is 13.8. The van der Waals surface area contributed by atoms with E-state index in [4.69, 9.17) is 0 Å². The van der Waals surface area contributed by atoms with E-state index in [0.29, 0.717) is 0 Å². The molecular weight excluding hydrogens is 438 g/mol. The second-order valence-electron chi connectivity index (χ2n) is 3.60. The van der Waals surface area contributed by atoms with E-state index in [1.165, 1.54) is 5.56 Å². The molecule has 0 N–H and O–H groups in total. The van der Waals surface area contributed by atoms with Crippen LogP contribution in [-0.2, 0) is 21.1 Å². The van der Waals surface area contributed by atoms with Crippen LogP contribution in [0.15, 0.2) is 35.3 Å². The number of nitrogens with zero attached hydrogens (tertiary/aromatic N) is 2. The maximum atomic E-state index is 4.36. The maximum absolute atomic E-state index is 4.36. The molecule has 2 nitrogen and oxygen atoms in total. The van der Waals surface area contributed by atoms with Crippen molar-refractivity contribution in [3.05, 3.63) is 35.9 Å². The van der Waals surface area contributed by atoms with Crippen LogP contribution in [0.3, 0.4) is 0 Å². The molecule has 0 bridgehead atoms. The minimum atomic E-state index is 0. The van der Waals surface area contributed by atoms with E-state index in [1.807, 2.05) is 24.4 Å². The number of benzene rings is 1. The Kier molecular flexibility index (Phi) is 18.6. The maximum Gasteiger partial charge on any atom is 2.00 e. The Morgan fingerprint density at radius 1 is 1.12 bits per heavy atom. The molecule has 0 heterocycles. The molecule has 0 aliphatic heterocycles. The summed E-state index contributed by atoms with van der Waals surface area (Å²) in [5.41, 5.74) is 1.18. The largest absolute Gasteiger partial charge is 2.00 e. The van der Waals surface area contributed by atoms with Crippen molar-refractivity contribution in [2.24, 2.45) is 4.99 Å². The smallest absolute Gasteiger partial charge is 1.00 e. The molecule has 0 aliphatic rings. The average molecular weight is 456 g/mol. The SMILES string of the molecule is CN(C)CCCN=Cc1ccccc1.[Cl-].[Cl-].[Pt+2]. The van der Waals surface area contributed by atoms with Crippen molar-refractivity contribution in [2.75, 3.05) is 27.2 Å². The molecule has 0 radical (unpaired) electrons. The molecule has 1 rings (SSSR count). The molecule has 100 valence electrons. The van der Waals surface area contributed by atoms with E-state index in [1.54, 1.807) is 0 Å². The zero-order valence-electron chi connectivity index (χ0n) is 10.1. The second-order valence-corrected chi connectivity index (χ2v) is 3.60. The van der Waals surface area contributed by atoms with Crippen molar-refractivity contribution in [3.63, 3.8) is 0 Å². The molecule has 0 amide bonds. The fraction of sp³-hybridized carbons (Fsp3) is 0.417. The summed E-state index contributed by atoms with van der Waals surface area (Å²) in [5.74, 6) is 0. The Morgan fingerprint density at radius 2 is 1.71 bits per heavy atom. The van der Waals surface area contributed by atoms with Gasteiger partial charge in [0.05, 0.1) is 0 Å². The van der Waals surface area contributed by atoms with Crippen LogP contribution in [0.2, 0.25) is 0 Å². The van der Waals surface area contributed by atoms with Crippen molar-refractivity contribution in [2.45, 2.75) is 6.42 Å². The van der Waals surface area contributed by atoms with Gasteiger partial charge in [0.15, 0.2) is 0 Å². The molecule has 5 heteroatoms. The van der Waals surface area contributed by atoms with Crippen molar-refractivity contribution in [1.82, 2.24) is 4.90 Å². The second kappa shape index (κ2) is 14.2. The minimum Gasteiger partial charge on any atom is -1.00 e. The van der Waals surface area contributed by atoms with Gasteiger partial charge in [0, 0.05) is 12.8 Å². The fourth-order valence-corrected chi connectivity index (χ4v) is 1.19. The first kappa shape index (κ1) is 22.3.